The molecule has 2 aliphatic heterocycles. The molecule has 1 aromatic rings. The van der Waals surface area contributed by atoms with Crippen LogP contribution in [0.1, 0.15) is 25.3 Å². The normalized spacial score (nSPS) is 17.3. The van der Waals surface area contributed by atoms with Crippen LogP contribution in [0.4, 0.5) is 0 Å². The zero-order chi connectivity index (χ0) is 12.5. The van der Waals surface area contributed by atoms with E-state index in [4.69, 9.17) is 9.47 Å². The Morgan fingerprint density at radius 2 is 2.28 bits per heavy atom. The van der Waals surface area contributed by atoms with Crippen LogP contribution in [0.15, 0.2) is 23.9 Å². The molecule has 0 atom stereocenters. The first-order valence-electron chi connectivity index (χ1n) is 6.61. The van der Waals surface area contributed by atoms with Gasteiger partial charge in [-0.3, -0.25) is 0 Å². The van der Waals surface area contributed by atoms with Gasteiger partial charge in [0.05, 0.1) is 12.8 Å². The first kappa shape index (κ1) is 11.5. The number of rotatable bonds is 3. The molecule has 96 valence electrons. The molecule has 3 nitrogen and oxygen atoms in total. The topological polar surface area (TPSA) is 21.7 Å². The van der Waals surface area contributed by atoms with E-state index in [-0.39, 0.29) is 0 Å². The number of hydrogen-bond acceptors (Lipinski definition) is 3. The lowest BCUT2D eigenvalue weighted by molar-refractivity contribution is 0.278. The summed E-state index contributed by atoms with van der Waals surface area (Å²) in [5.74, 6) is 1.90. The molecule has 0 unspecified atom stereocenters. The van der Waals surface area contributed by atoms with E-state index >= 15 is 0 Å². The standard InChI is InChI=1S/C15H19NO2/c1-3-7-16-8-6-12-13-9-11(17-2)4-5-15(13)18-10-14(12)16/h4-5,9H,3,6-8,10H2,1-2H3. The maximum atomic E-state index is 5.86. The molecule has 0 saturated carbocycles. The van der Waals surface area contributed by atoms with Crippen LogP contribution in [-0.4, -0.2) is 31.7 Å². The van der Waals surface area contributed by atoms with Crippen LogP contribution >= 0.6 is 0 Å². The van der Waals surface area contributed by atoms with Crippen molar-refractivity contribution in [1.82, 2.24) is 4.90 Å². The van der Waals surface area contributed by atoms with Crippen molar-refractivity contribution in [3.8, 4) is 11.5 Å². The first-order valence-corrected chi connectivity index (χ1v) is 6.61. The second kappa shape index (κ2) is 4.56. The van der Waals surface area contributed by atoms with Crippen molar-refractivity contribution >= 4 is 5.57 Å². The van der Waals surface area contributed by atoms with Gasteiger partial charge in [0.1, 0.15) is 18.1 Å². The molecule has 0 amide bonds. The Morgan fingerprint density at radius 1 is 1.39 bits per heavy atom. The molecule has 2 heterocycles. The van der Waals surface area contributed by atoms with Crippen molar-refractivity contribution in [3.05, 3.63) is 29.5 Å². The number of nitrogens with zero attached hydrogens (tertiary/aromatic N) is 1. The fourth-order valence-corrected chi connectivity index (χ4v) is 2.85. The monoisotopic (exact) mass is 245 g/mol. The van der Waals surface area contributed by atoms with Gasteiger partial charge in [0.15, 0.2) is 0 Å². The summed E-state index contributed by atoms with van der Waals surface area (Å²) in [7, 11) is 1.71. The van der Waals surface area contributed by atoms with Crippen LogP contribution in [0.25, 0.3) is 5.57 Å². The lowest BCUT2D eigenvalue weighted by Crippen LogP contribution is -2.25. The molecular weight excluding hydrogens is 226 g/mol. The summed E-state index contributed by atoms with van der Waals surface area (Å²) < 4.78 is 11.2. The van der Waals surface area contributed by atoms with Crippen molar-refractivity contribution < 1.29 is 9.47 Å². The second-order valence-electron chi connectivity index (χ2n) is 4.81. The SMILES string of the molecule is CCCN1CCC2=C1COc1ccc(OC)cc12. The third kappa shape index (κ3) is 1.74. The maximum absolute atomic E-state index is 5.86. The van der Waals surface area contributed by atoms with Gasteiger partial charge < -0.3 is 14.4 Å². The smallest absolute Gasteiger partial charge is 0.128 e. The molecule has 3 heteroatoms. The summed E-state index contributed by atoms with van der Waals surface area (Å²) in [6, 6.07) is 6.07. The molecule has 0 bridgehead atoms. The Labute approximate surface area is 108 Å². The lowest BCUT2D eigenvalue weighted by Gasteiger charge is -2.26. The number of ether oxygens (including phenoxy) is 2. The quantitative estimate of drug-likeness (QED) is 0.817. The molecule has 0 spiro atoms. The first-order chi connectivity index (χ1) is 8.83. The maximum Gasteiger partial charge on any atom is 0.128 e. The highest BCUT2D eigenvalue weighted by Crippen LogP contribution is 2.41. The molecule has 0 N–H and O–H groups in total. The van der Waals surface area contributed by atoms with E-state index in [2.05, 4.69) is 17.9 Å². The van der Waals surface area contributed by atoms with Crippen LogP contribution in [-0.2, 0) is 0 Å². The predicted octanol–water partition coefficient (Wildman–Crippen LogP) is 2.91. The largest absolute Gasteiger partial charge is 0.497 e. The van der Waals surface area contributed by atoms with Gasteiger partial charge in [-0.05, 0) is 36.6 Å². The van der Waals surface area contributed by atoms with Gasteiger partial charge in [-0.1, -0.05) is 6.92 Å². The third-order valence-corrected chi connectivity index (χ3v) is 3.73. The van der Waals surface area contributed by atoms with E-state index in [9.17, 15) is 0 Å². The summed E-state index contributed by atoms with van der Waals surface area (Å²) in [4.78, 5) is 2.46. The van der Waals surface area contributed by atoms with E-state index in [0.717, 1.165) is 31.0 Å². The third-order valence-electron chi connectivity index (χ3n) is 3.73. The summed E-state index contributed by atoms with van der Waals surface area (Å²) in [5.41, 5.74) is 4.04. The van der Waals surface area contributed by atoms with Crippen LogP contribution < -0.4 is 9.47 Å². The minimum atomic E-state index is 0.717. The zero-order valence-electron chi connectivity index (χ0n) is 11.0. The molecule has 3 rings (SSSR count). The number of benzene rings is 1. The average Bonchev–Trinajstić information content (AvgIpc) is 2.82. The molecular formula is C15H19NO2. The molecule has 0 fully saturated rings. The Balaban J connectivity index is 2.00. The minimum absolute atomic E-state index is 0.717. The summed E-state index contributed by atoms with van der Waals surface area (Å²) in [5, 5.41) is 0. The van der Waals surface area contributed by atoms with Crippen molar-refractivity contribution in [2.75, 3.05) is 26.8 Å². The minimum Gasteiger partial charge on any atom is -0.497 e. The van der Waals surface area contributed by atoms with E-state index < -0.39 is 0 Å². The summed E-state index contributed by atoms with van der Waals surface area (Å²) >= 11 is 0. The van der Waals surface area contributed by atoms with E-state index in [1.807, 2.05) is 12.1 Å². The van der Waals surface area contributed by atoms with Gasteiger partial charge in [-0.25, -0.2) is 0 Å². The van der Waals surface area contributed by atoms with Gasteiger partial charge in [0, 0.05) is 18.7 Å². The van der Waals surface area contributed by atoms with E-state index in [1.165, 1.54) is 23.3 Å². The van der Waals surface area contributed by atoms with Crippen molar-refractivity contribution in [3.63, 3.8) is 0 Å². The number of methoxy groups -OCH3 is 1. The molecule has 0 radical (unpaired) electrons. The fraction of sp³-hybridized carbons (Fsp3) is 0.467. The van der Waals surface area contributed by atoms with Gasteiger partial charge in [0.2, 0.25) is 0 Å². The highest BCUT2D eigenvalue weighted by molar-refractivity contribution is 5.77. The highest BCUT2D eigenvalue weighted by atomic mass is 16.5. The molecule has 2 aliphatic rings. The Bertz CT molecular complexity index is 493. The van der Waals surface area contributed by atoms with Crippen LogP contribution in [0, 0.1) is 0 Å². The van der Waals surface area contributed by atoms with Crippen LogP contribution in [0.5, 0.6) is 11.5 Å². The van der Waals surface area contributed by atoms with Crippen molar-refractivity contribution in [1.29, 1.82) is 0 Å². The number of hydrogen-bond donors (Lipinski definition) is 0. The zero-order valence-corrected chi connectivity index (χ0v) is 11.0. The van der Waals surface area contributed by atoms with Crippen LogP contribution in [0.2, 0.25) is 0 Å². The lowest BCUT2D eigenvalue weighted by atomic mass is 10.00. The Morgan fingerprint density at radius 3 is 3.06 bits per heavy atom. The Kier molecular flexibility index (Phi) is 2.90. The average molecular weight is 245 g/mol. The molecule has 18 heavy (non-hydrogen) atoms. The second-order valence-corrected chi connectivity index (χ2v) is 4.81. The van der Waals surface area contributed by atoms with E-state index in [0.29, 0.717) is 6.61 Å². The molecule has 0 saturated heterocycles. The fourth-order valence-electron chi connectivity index (χ4n) is 2.85. The molecule has 0 aliphatic carbocycles. The molecule has 0 aromatic heterocycles. The van der Waals surface area contributed by atoms with E-state index in [1.54, 1.807) is 7.11 Å². The summed E-state index contributed by atoms with van der Waals surface area (Å²) in [6.07, 6.45) is 2.31. The number of fused-ring (bicyclic) bond motifs is 2. The van der Waals surface area contributed by atoms with Gasteiger partial charge in [0.25, 0.3) is 0 Å². The predicted molar refractivity (Wildman–Crippen MR) is 71.9 cm³/mol. The van der Waals surface area contributed by atoms with Crippen molar-refractivity contribution in [2.24, 2.45) is 0 Å². The highest BCUT2D eigenvalue weighted by Gasteiger charge is 2.28. The van der Waals surface area contributed by atoms with Gasteiger partial charge in [-0.15, -0.1) is 0 Å². The summed E-state index contributed by atoms with van der Waals surface area (Å²) in [6.45, 7) is 5.19. The Hall–Kier alpha value is -1.64. The van der Waals surface area contributed by atoms with Gasteiger partial charge in [-0.2, -0.15) is 0 Å². The van der Waals surface area contributed by atoms with Crippen molar-refractivity contribution in [2.45, 2.75) is 19.8 Å². The van der Waals surface area contributed by atoms with Crippen LogP contribution in [0.3, 0.4) is 0 Å². The molecule has 1 aromatic carbocycles. The van der Waals surface area contributed by atoms with Gasteiger partial charge >= 0.3 is 0 Å².